The normalized spacial score (nSPS) is 11.9. The number of nitrogens with zero attached hydrogens (tertiary/aromatic N) is 1. The van der Waals surface area contributed by atoms with Gasteiger partial charge in [0, 0.05) is 29.9 Å². The molecule has 0 radical (unpaired) electrons. The first-order chi connectivity index (χ1) is 12.2. The van der Waals surface area contributed by atoms with Gasteiger partial charge in [0.05, 0.1) is 5.69 Å². The van der Waals surface area contributed by atoms with Gasteiger partial charge in [0.15, 0.2) is 4.77 Å². The molecular weight excluding hydrogens is 374 g/mol. The number of anilines is 1. The van der Waals surface area contributed by atoms with Gasteiger partial charge in [0.2, 0.25) is 0 Å². The zero-order valence-corrected chi connectivity index (χ0v) is 15.9. The van der Waals surface area contributed by atoms with E-state index in [2.05, 4.69) is 16.0 Å². The van der Waals surface area contributed by atoms with E-state index in [1.54, 1.807) is 30.1 Å². The second-order valence-corrected chi connectivity index (χ2v) is 7.28. The van der Waals surface area contributed by atoms with Crippen LogP contribution in [0.3, 0.4) is 0 Å². The third-order valence-electron chi connectivity index (χ3n) is 3.38. The molecule has 2 aromatic carbocycles. The third-order valence-corrected chi connectivity index (χ3v) is 5.07. The summed E-state index contributed by atoms with van der Waals surface area (Å²) < 4.78 is 22.9. The lowest BCUT2D eigenvalue weighted by Crippen LogP contribution is -2.11. The molecule has 0 spiro atoms. The summed E-state index contributed by atoms with van der Waals surface area (Å²) in [5.41, 5.74) is 2.80. The first-order valence-electron chi connectivity index (χ1n) is 7.47. The van der Waals surface area contributed by atoms with E-state index in [0.717, 1.165) is 17.1 Å². The van der Waals surface area contributed by atoms with Gasteiger partial charge in [0.1, 0.15) is 5.75 Å². The van der Waals surface area contributed by atoms with Crippen LogP contribution in [0.4, 0.5) is 5.69 Å². The minimum Gasteiger partial charge on any atom is -0.385 e. The standard InChI is InChI=1S/C17H17N3O2S3/c1-24-12-13-5-7-14(8-6-13)19-25(21)22-16-4-2-3-15(11-16)20-10-9-18-17(20)23/h2-11,19H,12H2,1H3,(H,18,23). The van der Waals surface area contributed by atoms with E-state index in [1.165, 1.54) is 5.56 Å². The number of imidazole rings is 1. The molecule has 0 saturated carbocycles. The monoisotopic (exact) mass is 391 g/mol. The van der Waals surface area contributed by atoms with E-state index < -0.39 is 11.3 Å². The molecule has 25 heavy (non-hydrogen) atoms. The van der Waals surface area contributed by atoms with E-state index in [1.807, 2.05) is 47.2 Å². The predicted octanol–water partition coefficient (Wildman–Crippen LogP) is 4.47. The van der Waals surface area contributed by atoms with Crippen LogP contribution >= 0.6 is 24.0 Å². The highest BCUT2D eigenvalue weighted by molar-refractivity contribution is 7.97. The minimum atomic E-state index is -1.69. The Morgan fingerprint density at radius 1 is 1.28 bits per heavy atom. The largest absolute Gasteiger partial charge is 0.385 e. The molecule has 0 fully saturated rings. The van der Waals surface area contributed by atoms with Gasteiger partial charge in [-0.15, -0.1) is 0 Å². The van der Waals surface area contributed by atoms with Crippen molar-refractivity contribution in [2.45, 2.75) is 5.75 Å². The first kappa shape index (κ1) is 17.8. The fourth-order valence-electron chi connectivity index (χ4n) is 2.25. The van der Waals surface area contributed by atoms with Crippen molar-refractivity contribution < 1.29 is 8.39 Å². The lowest BCUT2D eigenvalue weighted by atomic mass is 10.2. The molecule has 8 heteroatoms. The number of hydrogen-bond acceptors (Lipinski definition) is 4. The molecule has 1 heterocycles. The highest BCUT2D eigenvalue weighted by Crippen LogP contribution is 2.19. The Morgan fingerprint density at radius 2 is 2.08 bits per heavy atom. The average Bonchev–Trinajstić information content (AvgIpc) is 3.03. The number of hydrogen-bond donors (Lipinski definition) is 2. The molecule has 130 valence electrons. The van der Waals surface area contributed by atoms with Crippen LogP contribution in [0.15, 0.2) is 60.9 Å². The molecule has 0 aliphatic heterocycles. The van der Waals surface area contributed by atoms with Crippen LogP contribution in [0.2, 0.25) is 0 Å². The highest BCUT2D eigenvalue weighted by Gasteiger charge is 2.06. The highest BCUT2D eigenvalue weighted by atomic mass is 32.2. The van der Waals surface area contributed by atoms with Crippen molar-refractivity contribution in [3.8, 4) is 11.4 Å². The Labute approximate surface area is 158 Å². The summed E-state index contributed by atoms with van der Waals surface area (Å²) in [6.07, 6.45) is 5.65. The number of thioether (sulfide) groups is 1. The van der Waals surface area contributed by atoms with Gasteiger partial charge < -0.3 is 9.17 Å². The van der Waals surface area contributed by atoms with E-state index in [9.17, 15) is 4.21 Å². The Bertz CT molecular complexity index is 919. The molecule has 1 atom stereocenters. The van der Waals surface area contributed by atoms with Crippen LogP contribution in [0.25, 0.3) is 5.69 Å². The van der Waals surface area contributed by atoms with Gasteiger partial charge >= 0.3 is 11.3 Å². The zero-order valence-electron chi connectivity index (χ0n) is 13.5. The van der Waals surface area contributed by atoms with Crippen molar-refractivity contribution >= 4 is 40.9 Å². The molecule has 5 nitrogen and oxygen atoms in total. The van der Waals surface area contributed by atoms with Crippen molar-refractivity contribution in [1.82, 2.24) is 9.55 Å². The Hall–Kier alpha value is -2.03. The van der Waals surface area contributed by atoms with Gasteiger partial charge in [-0.1, -0.05) is 18.2 Å². The number of aromatic nitrogens is 2. The van der Waals surface area contributed by atoms with Crippen molar-refractivity contribution in [2.24, 2.45) is 0 Å². The van der Waals surface area contributed by atoms with Crippen LogP contribution in [-0.4, -0.2) is 20.0 Å². The molecule has 0 amide bonds. The van der Waals surface area contributed by atoms with Crippen molar-refractivity contribution in [2.75, 3.05) is 11.0 Å². The molecule has 0 aliphatic rings. The summed E-state index contributed by atoms with van der Waals surface area (Å²) in [6.45, 7) is 0. The van der Waals surface area contributed by atoms with Crippen LogP contribution in [0, 0.1) is 4.77 Å². The molecule has 0 bridgehead atoms. The van der Waals surface area contributed by atoms with Crippen molar-refractivity contribution in [3.63, 3.8) is 0 Å². The fraction of sp³-hybridized carbons (Fsp3) is 0.118. The van der Waals surface area contributed by atoms with E-state index in [4.69, 9.17) is 16.4 Å². The zero-order chi connectivity index (χ0) is 17.6. The lowest BCUT2D eigenvalue weighted by Gasteiger charge is -2.09. The van der Waals surface area contributed by atoms with Crippen LogP contribution in [-0.2, 0) is 17.0 Å². The maximum atomic E-state index is 12.2. The molecule has 1 aromatic heterocycles. The summed E-state index contributed by atoms with van der Waals surface area (Å²) >= 11 is 5.28. The Kier molecular flexibility index (Phi) is 5.95. The van der Waals surface area contributed by atoms with Crippen molar-refractivity contribution in [3.05, 3.63) is 71.3 Å². The summed E-state index contributed by atoms with van der Waals surface area (Å²) in [7, 11) is 0. The summed E-state index contributed by atoms with van der Waals surface area (Å²) in [5.74, 6) is 1.44. The smallest absolute Gasteiger partial charge is 0.316 e. The van der Waals surface area contributed by atoms with Crippen LogP contribution in [0.5, 0.6) is 5.75 Å². The molecule has 2 N–H and O–H groups in total. The van der Waals surface area contributed by atoms with E-state index >= 15 is 0 Å². The lowest BCUT2D eigenvalue weighted by molar-refractivity contribution is 0.567. The molecule has 0 saturated heterocycles. The van der Waals surface area contributed by atoms with E-state index in [-0.39, 0.29) is 0 Å². The number of benzene rings is 2. The quantitative estimate of drug-likeness (QED) is 0.584. The topological polar surface area (TPSA) is 59.0 Å². The maximum absolute atomic E-state index is 12.2. The van der Waals surface area contributed by atoms with Crippen molar-refractivity contribution in [1.29, 1.82) is 0 Å². The predicted molar refractivity (Wildman–Crippen MR) is 107 cm³/mol. The molecular formula is C17H17N3O2S3. The average molecular weight is 392 g/mol. The van der Waals surface area contributed by atoms with Gasteiger partial charge in [-0.3, -0.25) is 9.29 Å². The Morgan fingerprint density at radius 3 is 2.76 bits per heavy atom. The molecule has 0 aliphatic carbocycles. The van der Waals surface area contributed by atoms with Gasteiger partial charge in [-0.05, 0) is 48.3 Å². The maximum Gasteiger partial charge on any atom is 0.316 e. The Balaban J connectivity index is 1.67. The van der Waals surface area contributed by atoms with Gasteiger partial charge in [-0.25, -0.2) is 0 Å². The van der Waals surface area contributed by atoms with E-state index in [0.29, 0.717) is 10.5 Å². The van der Waals surface area contributed by atoms with Crippen LogP contribution in [0.1, 0.15) is 5.56 Å². The molecule has 1 unspecified atom stereocenters. The second-order valence-electron chi connectivity index (χ2n) is 5.18. The summed E-state index contributed by atoms with van der Waals surface area (Å²) in [4.78, 5) is 2.94. The number of nitrogens with one attached hydrogen (secondary N) is 2. The fourth-order valence-corrected chi connectivity index (χ4v) is 3.66. The number of H-pyrrole nitrogens is 1. The summed E-state index contributed by atoms with van der Waals surface area (Å²) in [6, 6.07) is 15.1. The molecule has 3 rings (SSSR count). The number of aromatic amines is 1. The first-order valence-corrected chi connectivity index (χ1v) is 10.3. The van der Waals surface area contributed by atoms with Gasteiger partial charge in [0.25, 0.3) is 0 Å². The third kappa shape index (κ3) is 4.75. The second kappa shape index (κ2) is 8.37. The summed E-state index contributed by atoms with van der Waals surface area (Å²) in [5, 5.41) is 0. The van der Waals surface area contributed by atoms with Gasteiger partial charge in [-0.2, -0.15) is 16.0 Å². The van der Waals surface area contributed by atoms with Crippen LogP contribution < -0.4 is 8.91 Å². The minimum absolute atomic E-state index is 0.491. The SMILES string of the molecule is CSCc1ccc(NS(=O)Oc2cccc(-n3cc[nH]c3=S)c2)cc1. The molecule has 3 aromatic rings. The number of rotatable bonds is 7.